The SMILES string of the molecule is COc1cccc(/C(C)=N\NC(=S)NCCCN2CCOCC2)c1. The van der Waals surface area contributed by atoms with Crippen LogP contribution in [0.4, 0.5) is 0 Å². The molecule has 1 aliphatic rings. The fraction of sp³-hybridized carbons (Fsp3) is 0.529. The number of nitrogens with one attached hydrogen (secondary N) is 2. The Hall–Kier alpha value is -1.70. The van der Waals surface area contributed by atoms with Crippen LogP contribution in [0.2, 0.25) is 0 Å². The first-order valence-corrected chi connectivity index (χ1v) is 8.62. The maximum atomic E-state index is 5.34. The first kappa shape index (κ1) is 18.6. The van der Waals surface area contributed by atoms with E-state index in [1.54, 1.807) is 7.11 Å². The molecule has 1 aromatic carbocycles. The Balaban J connectivity index is 1.67. The molecule has 0 atom stereocenters. The summed E-state index contributed by atoms with van der Waals surface area (Å²) in [5.41, 5.74) is 4.74. The Kier molecular flexibility index (Phi) is 7.94. The van der Waals surface area contributed by atoms with Crippen molar-refractivity contribution in [3.63, 3.8) is 0 Å². The number of hydrogen-bond acceptors (Lipinski definition) is 5. The van der Waals surface area contributed by atoms with Crippen molar-refractivity contribution in [2.24, 2.45) is 5.10 Å². The van der Waals surface area contributed by atoms with E-state index in [1.807, 2.05) is 31.2 Å². The van der Waals surface area contributed by atoms with Gasteiger partial charge in [0.15, 0.2) is 5.11 Å². The minimum absolute atomic E-state index is 0.541. The molecule has 0 aromatic heterocycles. The lowest BCUT2D eigenvalue weighted by molar-refractivity contribution is 0.0376. The van der Waals surface area contributed by atoms with Gasteiger partial charge in [-0.05, 0) is 44.2 Å². The molecule has 0 saturated carbocycles. The van der Waals surface area contributed by atoms with Crippen molar-refractivity contribution in [1.82, 2.24) is 15.6 Å². The van der Waals surface area contributed by atoms with Gasteiger partial charge in [0, 0.05) is 25.2 Å². The standard InChI is InChI=1S/C17H26N4O2S/c1-14(15-5-3-6-16(13-15)22-2)19-20-17(24)18-7-4-8-21-9-11-23-12-10-21/h3,5-6,13H,4,7-12H2,1-2H3,(H2,18,20,24)/b19-14-. The third kappa shape index (κ3) is 6.43. The van der Waals surface area contributed by atoms with Gasteiger partial charge in [-0.2, -0.15) is 5.10 Å². The van der Waals surface area contributed by atoms with Crippen LogP contribution in [0.5, 0.6) is 5.75 Å². The molecule has 132 valence electrons. The second kappa shape index (κ2) is 10.2. The Labute approximate surface area is 149 Å². The zero-order chi connectivity index (χ0) is 17.2. The quantitative estimate of drug-likeness (QED) is 0.337. The third-order valence-corrected chi connectivity index (χ3v) is 4.09. The number of rotatable bonds is 7. The highest BCUT2D eigenvalue weighted by molar-refractivity contribution is 7.80. The predicted octanol–water partition coefficient (Wildman–Crippen LogP) is 1.61. The smallest absolute Gasteiger partial charge is 0.186 e. The lowest BCUT2D eigenvalue weighted by atomic mass is 10.1. The van der Waals surface area contributed by atoms with Gasteiger partial charge in [-0.3, -0.25) is 10.3 Å². The first-order valence-electron chi connectivity index (χ1n) is 8.21. The van der Waals surface area contributed by atoms with Crippen molar-refractivity contribution >= 4 is 23.0 Å². The second-order valence-electron chi connectivity index (χ2n) is 5.60. The van der Waals surface area contributed by atoms with Crippen LogP contribution < -0.4 is 15.5 Å². The number of hydrogen-bond donors (Lipinski definition) is 2. The number of nitrogens with zero attached hydrogens (tertiary/aromatic N) is 2. The molecule has 1 heterocycles. The molecule has 1 aromatic rings. The van der Waals surface area contributed by atoms with Crippen molar-refractivity contribution in [3.05, 3.63) is 29.8 Å². The number of hydrazone groups is 1. The Bertz CT molecular complexity index is 559. The lowest BCUT2D eigenvalue weighted by Gasteiger charge is -2.26. The topological polar surface area (TPSA) is 58.1 Å². The van der Waals surface area contributed by atoms with Gasteiger partial charge in [0.1, 0.15) is 5.75 Å². The van der Waals surface area contributed by atoms with Gasteiger partial charge in [0.25, 0.3) is 0 Å². The van der Waals surface area contributed by atoms with Crippen LogP contribution in [-0.2, 0) is 4.74 Å². The zero-order valence-electron chi connectivity index (χ0n) is 14.4. The zero-order valence-corrected chi connectivity index (χ0v) is 15.2. The molecule has 2 N–H and O–H groups in total. The fourth-order valence-corrected chi connectivity index (χ4v) is 2.56. The monoisotopic (exact) mass is 350 g/mol. The Morgan fingerprint density at radius 3 is 2.92 bits per heavy atom. The highest BCUT2D eigenvalue weighted by Crippen LogP contribution is 2.13. The Morgan fingerprint density at radius 1 is 1.38 bits per heavy atom. The number of thiocarbonyl (C=S) groups is 1. The summed E-state index contributed by atoms with van der Waals surface area (Å²) in [5, 5.41) is 8.04. The van der Waals surface area contributed by atoms with E-state index in [4.69, 9.17) is 21.7 Å². The van der Waals surface area contributed by atoms with Crippen molar-refractivity contribution in [3.8, 4) is 5.75 Å². The summed E-state index contributed by atoms with van der Waals surface area (Å²) in [6.45, 7) is 7.54. The summed E-state index contributed by atoms with van der Waals surface area (Å²) >= 11 is 5.25. The van der Waals surface area contributed by atoms with E-state index in [2.05, 4.69) is 20.7 Å². The fourth-order valence-electron chi connectivity index (χ4n) is 2.42. The van der Waals surface area contributed by atoms with E-state index >= 15 is 0 Å². The van der Waals surface area contributed by atoms with E-state index < -0.39 is 0 Å². The molecule has 2 rings (SSSR count). The predicted molar refractivity (Wildman–Crippen MR) is 101 cm³/mol. The van der Waals surface area contributed by atoms with Gasteiger partial charge in [0.05, 0.1) is 26.0 Å². The summed E-state index contributed by atoms with van der Waals surface area (Å²) < 4.78 is 10.6. The molecule has 7 heteroatoms. The summed E-state index contributed by atoms with van der Waals surface area (Å²) in [6, 6.07) is 7.78. The highest BCUT2D eigenvalue weighted by Gasteiger charge is 2.09. The van der Waals surface area contributed by atoms with Crippen LogP contribution >= 0.6 is 12.2 Å². The number of ether oxygens (including phenoxy) is 2. The van der Waals surface area contributed by atoms with Crippen LogP contribution in [0, 0.1) is 0 Å². The molecule has 1 aliphatic heterocycles. The van der Waals surface area contributed by atoms with E-state index in [0.717, 1.165) is 62.8 Å². The second-order valence-corrected chi connectivity index (χ2v) is 6.01. The molecule has 0 unspecified atom stereocenters. The normalized spacial score (nSPS) is 15.8. The molecular formula is C17H26N4O2S. The van der Waals surface area contributed by atoms with Crippen molar-refractivity contribution in [2.45, 2.75) is 13.3 Å². The largest absolute Gasteiger partial charge is 0.497 e. The van der Waals surface area contributed by atoms with Crippen LogP contribution in [0.25, 0.3) is 0 Å². The summed E-state index contributed by atoms with van der Waals surface area (Å²) in [6.07, 6.45) is 1.04. The molecular weight excluding hydrogens is 324 g/mol. The minimum Gasteiger partial charge on any atom is -0.497 e. The molecule has 0 aliphatic carbocycles. The summed E-state index contributed by atoms with van der Waals surface area (Å²) in [5.74, 6) is 0.811. The van der Waals surface area contributed by atoms with E-state index in [0.29, 0.717) is 5.11 Å². The molecule has 1 fully saturated rings. The summed E-state index contributed by atoms with van der Waals surface area (Å²) in [7, 11) is 1.65. The molecule has 0 spiro atoms. The maximum Gasteiger partial charge on any atom is 0.186 e. The van der Waals surface area contributed by atoms with Gasteiger partial charge in [0.2, 0.25) is 0 Å². The molecule has 6 nitrogen and oxygen atoms in total. The van der Waals surface area contributed by atoms with Gasteiger partial charge in [-0.15, -0.1) is 0 Å². The van der Waals surface area contributed by atoms with Gasteiger partial charge >= 0.3 is 0 Å². The van der Waals surface area contributed by atoms with Crippen molar-refractivity contribution < 1.29 is 9.47 Å². The number of morpholine rings is 1. The summed E-state index contributed by atoms with van der Waals surface area (Å²) in [4.78, 5) is 2.41. The minimum atomic E-state index is 0.541. The molecule has 1 saturated heterocycles. The van der Waals surface area contributed by atoms with Crippen LogP contribution in [0.1, 0.15) is 18.9 Å². The average molecular weight is 350 g/mol. The lowest BCUT2D eigenvalue weighted by Crippen LogP contribution is -2.39. The van der Waals surface area contributed by atoms with Crippen LogP contribution in [0.15, 0.2) is 29.4 Å². The number of methoxy groups -OCH3 is 1. The highest BCUT2D eigenvalue weighted by atomic mass is 32.1. The van der Waals surface area contributed by atoms with Crippen LogP contribution in [-0.4, -0.2) is 62.2 Å². The van der Waals surface area contributed by atoms with Gasteiger partial charge in [-0.25, -0.2) is 0 Å². The molecule has 0 amide bonds. The van der Waals surface area contributed by atoms with E-state index in [-0.39, 0.29) is 0 Å². The first-order chi connectivity index (χ1) is 11.7. The van der Waals surface area contributed by atoms with E-state index in [9.17, 15) is 0 Å². The van der Waals surface area contributed by atoms with Crippen molar-refractivity contribution in [2.75, 3.05) is 46.5 Å². The van der Waals surface area contributed by atoms with Crippen LogP contribution in [0.3, 0.4) is 0 Å². The average Bonchev–Trinajstić information content (AvgIpc) is 2.64. The van der Waals surface area contributed by atoms with Crippen molar-refractivity contribution in [1.29, 1.82) is 0 Å². The molecule has 24 heavy (non-hydrogen) atoms. The number of benzene rings is 1. The Morgan fingerprint density at radius 2 is 2.17 bits per heavy atom. The molecule has 0 bridgehead atoms. The maximum absolute atomic E-state index is 5.34. The third-order valence-electron chi connectivity index (χ3n) is 3.85. The van der Waals surface area contributed by atoms with E-state index in [1.165, 1.54) is 0 Å². The van der Waals surface area contributed by atoms with Gasteiger partial charge < -0.3 is 14.8 Å². The molecule has 0 radical (unpaired) electrons. The van der Waals surface area contributed by atoms with Gasteiger partial charge in [-0.1, -0.05) is 12.1 Å².